The minimum absolute atomic E-state index is 0.117. The Hall–Kier alpha value is -1.58. The number of nitrogens with two attached hydrogens (primary N) is 1. The van der Waals surface area contributed by atoms with E-state index in [2.05, 4.69) is 4.98 Å². The summed E-state index contributed by atoms with van der Waals surface area (Å²) in [6.45, 7) is 3.69. The lowest BCUT2D eigenvalue weighted by atomic mass is 9.75. The summed E-state index contributed by atoms with van der Waals surface area (Å²) >= 11 is 0. The molecular weight excluding hydrogens is 250 g/mol. The SMILES string of the molecule is Cc1cc(C(=O)N2CCC3CCCCC3C2)cc(N)n1. The quantitative estimate of drug-likeness (QED) is 0.855. The van der Waals surface area contributed by atoms with E-state index in [0.717, 1.165) is 31.1 Å². The second-order valence-electron chi connectivity index (χ2n) is 6.27. The second-order valence-corrected chi connectivity index (χ2v) is 6.27. The van der Waals surface area contributed by atoms with Crippen molar-refractivity contribution in [1.29, 1.82) is 0 Å². The molecule has 3 rings (SSSR count). The Kier molecular flexibility index (Phi) is 3.64. The average Bonchev–Trinajstić information content (AvgIpc) is 2.45. The van der Waals surface area contributed by atoms with Gasteiger partial charge in [0.15, 0.2) is 0 Å². The van der Waals surface area contributed by atoms with Crippen molar-refractivity contribution in [3.05, 3.63) is 23.4 Å². The van der Waals surface area contributed by atoms with Gasteiger partial charge in [0.05, 0.1) is 0 Å². The predicted molar refractivity (Wildman–Crippen MR) is 79.4 cm³/mol. The second kappa shape index (κ2) is 5.43. The third-order valence-electron chi connectivity index (χ3n) is 4.80. The minimum Gasteiger partial charge on any atom is -0.384 e. The lowest BCUT2D eigenvalue weighted by Crippen LogP contribution is -2.44. The highest BCUT2D eigenvalue weighted by Crippen LogP contribution is 2.36. The molecule has 1 aliphatic carbocycles. The van der Waals surface area contributed by atoms with Crippen molar-refractivity contribution in [1.82, 2.24) is 9.88 Å². The lowest BCUT2D eigenvalue weighted by Gasteiger charge is -2.41. The highest BCUT2D eigenvalue weighted by atomic mass is 16.2. The lowest BCUT2D eigenvalue weighted by molar-refractivity contribution is 0.0521. The van der Waals surface area contributed by atoms with Crippen LogP contribution in [0.15, 0.2) is 12.1 Å². The normalized spacial score (nSPS) is 26.1. The Morgan fingerprint density at radius 3 is 2.75 bits per heavy atom. The Labute approximate surface area is 120 Å². The number of aromatic nitrogens is 1. The maximum Gasteiger partial charge on any atom is 0.254 e. The summed E-state index contributed by atoms with van der Waals surface area (Å²) in [6, 6.07) is 3.54. The molecule has 1 aliphatic heterocycles. The van der Waals surface area contributed by atoms with Gasteiger partial charge in [-0.05, 0) is 43.7 Å². The molecule has 1 amide bonds. The number of pyridine rings is 1. The molecule has 2 heterocycles. The topological polar surface area (TPSA) is 59.2 Å². The summed E-state index contributed by atoms with van der Waals surface area (Å²) in [7, 11) is 0. The molecule has 4 nitrogen and oxygen atoms in total. The van der Waals surface area contributed by atoms with Gasteiger partial charge in [0, 0.05) is 24.3 Å². The largest absolute Gasteiger partial charge is 0.384 e. The van der Waals surface area contributed by atoms with Gasteiger partial charge in [0.1, 0.15) is 5.82 Å². The summed E-state index contributed by atoms with van der Waals surface area (Å²) in [6.07, 6.45) is 6.50. The molecule has 0 aromatic carbocycles. The first-order chi connectivity index (χ1) is 9.63. The van der Waals surface area contributed by atoms with Crippen molar-refractivity contribution >= 4 is 11.7 Å². The highest BCUT2D eigenvalue weighted by molar-refractivity contribution is 5.95. The number of hydrogen-bond acceptors (Lipinski definition) is 3. The first-order valence-corrected chi connectivity index (χ1v) is 7.67. The standard InChI is InChI=1S/C16H23N3O/c1-11-8-14(9-15(17)18-11)16(20)19-7-6-12-4-2-3-5-13(12)10-19/h8-9,12-13H,2-7,10H2,1H3,(H2,17,18). The number of anilines is 1. The predicted octanol–water partition coefficient (Wildman–Crippen LogP) is 2.62. The van der Waals surface area contributed by atoms with E-state index in [0.29, 0.717) is 17.3 Å². The number of rotatable bonds is 1. The van der Waals surface area contributed by atoms with Gasteiger partial charge in [-0.25, -0.2) is 4.98 Å². The zero-order valence-corrected chi connectivity index (χ0v) is 12.1. The van der Waals surface area contributed by atoms with Crippen molar-refractivity contribution in [3.63, 3.8) is 0 Å². The van der Waals surface area contributed by atoms with Crippen LogP contribution < -0.4 is 5.73 Å². The number of carbonyl (C=O) groups excluding carboxylic acids is 1. The van der Waals surface area contributed by atoms with Crippen LogP contribution in [0.1, 0.15) is 48.2 Å². The molecule has 20 heavy (non-hydrogen) atoms. The van der Waals surface area contributed by atoms with Crippen molar-refractivity contribution in [2.45, 2.75) is 39.0 Å². The van der Waals surface area contributed by atoms with Gasteiger partial charge in [-0.15, -0.1) is 0 Å². The van der Waals surface area contributed by atoms with Gasteiger partial charge in [0.2, 0.25) is 0 Å². The van der Waals surface area contributed by atoms with Gasteiger partial charge in [-0.1, -0.05) is 19.3 Å². The van der Waals surface area contributed by atoms with Crippen LogP contribution in [0.4, 0.5) is 5.82 Å². The first-order valence-electron chi connectivity index (χ1n) is 7.67. The number of carbonyl (C=O) groups is 1. The van der Waals surface area contributed by atoms with E-state index in [1.165, 1.54) is 25.7 Å². The highest BCUT2D eigenvalue weighted by Gasteiger charge is 2.33. The van der Waals surface area contributed by atoms with Crippen LogP contribution in [0.5, 0.6) is 0 Å². The van der Waals surface area contributed by atoms with E-state index in [1.54, 1.807) is 6.07 Å². The van der Waals surface area contributed by atoms with Gasteiger partial charge < -0.3 is 10.6 Å². The van der Waals surface area contributed by atoms with E-state index in [-0.39, 0.29) is 5.91 Å². The Balaban J connectivity index is 1.74. The average molecular weight is 273 g/mol. The Bertz CT molecular complexity index is 494. The first kappa shape index (κ1) is 13.4. The summed E-state index contributed by atoms with van der Waals surface area (Å²) in [5, 5.41) is 0. The molecule has 1 aromatic heterocycles. The van der Waals surface area contributed by atoms with E-state index in [9.17, 15) is 4.79 Å². The smallest absolute Gasteiger partial charge is 0.254 e. The van der Waals surface area contributed by atoms with Crippen LogP contribution >= 0.6 is 0 Å². The van der Waals surface area contributed by atoms with Crippen molar-refractivity contribution in [2.24, 2.45) is 11.8 Å². The molecule has 4 heteroatoms. The molecule has 2 unspecified atom stereocenters. The van der Waals surface area contributed by atoms with E-state index in [4.69, 9.17) is 5.73 Å². The molecule has 0 spiro atoms. The summed E-state index contributed by atoms with van der Waals surface area (Å²) in [4.78, 5) is 18.8. The fraction of sp³-hybridized carbons (Fsp3) is 0.625. The zero-order chi connectivity index (χ0) is 14.1. The number of hydrogen-bond donors (Lipinski definition) is 1. The molecule has 0 radical (unpaired) electrons. The van der Waals surface area contributed by atoms with E-state index in [1.807, 2.05) is 17.9 Å². The van der Waals surface area contributed by atoms with Crippen LogP contribution in [-0.4, -0.2) is 28.9 Å². The van der Waals surface area contributed by atoms with Crippen molar-refractivity contribution in [2.75, 3.05) is 18.8 Å². The third kappa shape index (κ3) is 2.65. The van der Waals surface area contributed by atoms with E-state index >= 15 is 0 Å². The summed E-state index contributed by atoms with van der Waals surface area (Å²) in [5.41, 5.74) is 7.24. The molecule has 0 bridgehead atoms. The van der Waals surface area contributed by atoms with Crippen LogP contribution in [-0.2, 0) is 0 Å². The fourth-order valence-corrected chi connectivity index (χ4v) is 3.79. The van der Waals surface area contributed by atoms with Crippen molar-refractivity contribution < 1.29 is 4.79 Å². The number of amides is 1. The van der Waals surface area contributed by atoms with Crippen LogP contribution in [0.2, 0.25) is 0 Å². The van der Waals surface area contributed by atoms with Gasteiger partial charge >= 0.3 is 0 Å². The van der Waals surface area contributed by atoms with Crippen LogP contribution in [0, 0.1) is 18.8 Å². The molecule has 108 valence electrons. The number of nitrogens with zero attached hydrogens (tertiary/aromatic N) is 2. The third-order valence-corrected chi connectivity index (χ3v) is 4.80. The minimum atomic E-state index is 0.117. The summed E-state index contributed by atoms with van der Waals surface area (Å²) in [5.74, 6) is 2.10. The number of aryl methyl sites for hydroxylation is 1. The molecular formula is C16H23N3O. The number of likely N-dealkylation sites (tertiary alicyclic amines) is 1. The Morgan fingerprint density at radius 2 is 2.00 bits per heavy atom. The molecule has 1 aromatic rings. The molecule has 2 fully saturated rings. The van der Waals surface area contributed by atoms with Crippen molar-refractivity contribution in [3.8, 4) is 0 Å². The molecule has 1 saturated carbocycles. The van der Waals surface area contributed by atoms with Crippen LogP contribution in [0.25, 0.3) is 0 Å². The molecule has 1 saturated heterocycles. The number of piperidine rings is 1. The maximum atomic E-state index is 12.6. The molecule has 2 atom stereocenters. The molecule has 2 aliphatic rings. The van der Waals surface area contributed by atoms with Gasteiger partial charge in [-0.2, -0.15) is 0 Å². The monoisotopic (exact) mass is 273 g/mol. The summed E-state index contributed by atoms with van der Waals surface area (Å²) < 4.78 is 0. The van der Waals surface area contributed by atoms with Gasteiger partial charge in [0.25, 0.3) is 5.91 Å². The van der Waals surface area contributed by atoms with Gasteiger partial charge in [-0.3, -0.25) is 4.79 Å². The number of fused-ring (bicyclic) bond motifs is 1. The molecule has 2 N–H and O–H groups in total. The zero-order valence-electron chi connectivity index (χ0n) is 12.1. The Morgan fingerprint density at radius 1 is 1.25 bits per heavy atom. The number of nitrogen functional groups attached to an aromatic ring is 1. The maximum absolute atomic E-state index is 12.6. The van der Waals surface area contributed by atoms with Crippen LogP contribution in [0.3, 0.4) is 0 Å². The fourth-order valence-electron chi connectivity index (χ4n) is 3.79. The van der Waals surface area contributed by atoms with E-state index < -0.39 is 0 Å².